The molecule has 1 aliphatic rings. The predicted molar refractivity (Wildman–Crippen MR) is 68.6 cm³/mol. The van der Waals surface area contributed by atoms with Gasteiger partial charge in [-0.05, 0) is 36.9 Å². The zero-order chi connectivity index (χ0) is 13.8. The third-order valence-electron chi connectivity index (χ3n) is 2.76. The van der Waals surface area contributed by atoms with E-state index in [1.54, 1.807) is 0 Å². The van der Waals surface area contributed by atoms with Crippen LogP contribution in [0.5, 0.6) is 0 Å². The van der Waals surface area contributed by atoms with Crippen molar-refractivity contribution in [3.63, 3.8) is 0 Å². The maximum absolute atomic E-state index is 13.3. The minimum absolute atomic E-state index is 0.162. The van der Waals surface area contributed by atoms with Crippen molar-refractivity contribution in [3.05, 3.63) is 29.6 Å². The second-order valence-corrected chi connectivity index (χ2v) is 5.34. The normalized spacial score (nSPS) is 15.1. The fourth-order valence-electron chi connectivity index (χ4n) is 1.59. The van der Waals surface area contributed by atoms with Gasteiger partial charge in [-0.3, -0.25) is 4.79 Å². The summed E-state index contributed by atoms with van der Waals surface area (Å²) in [5.74, 6) is -3.08. The molecule has 0 bridgehead atoms. The van der Waals surface area contributed by atoms with Crippen molar-refractivity contribution >= 4 is 23.4 Å². The number of amides is 1. The molecule has 2 rings (SSSR count). The molecule has 0 saturated carbocycles. The van der Waals surface area contributed by atoms with Gasteiger partial charge in [-0.2, -0.15) is 11.8 Å². The maximum atomic E-state index is 13.3. The highest BCUT2D eigenvalue weighted by atomic mass is 32.2. The summed E-state index contributed by atoms with van der Waals surface area (Å²) in [7, 11) is 0. The van der Waals surface area contributed by atoms with Crippen LogP contribution in [-0.2, 0) is 4.79 Å². The summed E-state index contributed by atoms with van der Waals surface area (Å²) in [5.41, 5.74) is -0.338. The largest absolute Gasteiger partial charge is 0.323 e. The van der Waals surface area contributed by atoms with Gasteiger partial charge in [-0.1, -0.05) is 0 Å². The van der Waals surface area contributed by atoms with E-state index >= 15 is 0 Å². The Balaban J connectivity index is 1.82. The molecule has 3 nitrogen and oxygen atoms in total. The van der Waals surface area contributed by atoms with E-state index in [9.17, 15) is 18.0 Å². The molecule has 104 valence electrons. The van der Waals surface area contributed by atoms with Crippen LogP contribution in [0.3, 0.4) is 0 Å². The molecule has 1 fully saturated rings. The third-order valence-corrected chi connectivity index (χ3v) is 3.94. The lowest BCUT2D eigenvalue weighted by molar-refractivity contribution is -0.113. The zero-order valence-corrected chi connectivity index (χ0v) is 10.8. The lowest BCUT2D eigenvalue weighted by atomic mass is 10.1. The number of carbonyl (C=O) groups excluding carboxylic acids is 1. The molecule has 0 radical (unpaired) electrons. The number of benzene rings is 1. The molecule has 1 saturated heterocycles. The smallest absolute Gasteiger partial charge is 0.234 e. The molecule has 0 aromatic heterocycles. The van der Waals surface area contributed by atoms with Crippen LogP contribution < -0.4 is 10.6 Å². The Morgan fingerprint density at radius 3 is 2.68 bits per heavy atom. The van der Waals surface area contributed by atoms with Crippen LogP contribution in [0.15, 0.2) is 12.1 Å². The summed E-state index contributed by atoms with van der Waals surface area (Å²) >= 11 is 1.44. The zero-order valence-electron chi connectivity index (χ0n) is 10.0. The van der Waals surface area contributed by atoms with E-state index in [4.69, 9.17) is 0 Å². The van der Waals surface area contributed by atoms with Crippen LogP contribution >= 0.6 is 11.8 Å². The monoisotopic (exact) mass is 290 g/mol. The summed E-state index contributed by atoms with van der Waals surface area (Å²) in [6.07, 6.45) is 0. The summed E-state index contributed by atoms with van der Waals surface area (Å²) in [6.45, 7) is 1.90. The van der Waals surface area contributed by atoms with Gasteiger partial charge in [0, 0.05) is 0 Å². The Bertz CT molecular complexity index is 480. The van der Waals surface area contributed by atoms with Gasteiger partial charge < -0.3 is 10.6 Å². The molecule has 1 amide bonds. The van der Waals surface area contributed by atoms with Gasteiger partial charge in [0.1, 0.15) is 0 Å². The Kier molecular flexibility index (Phi) is 4.71. The first kappa shape index (κ1) is 14.2. The van der Waals surface area contributed by atoms with E-state index in [0.29, 0.717) is 5.92 Å². The van der Waals surface area contributed by atoms with Gasteiger partial charge in [-0.15, -0.1) is 0 Å². The van der Waals surface area contributed by atoms with Gasteiger partial charge in [-0.25, -0.2) is 13.2 Å². The summed E-state index contributed by atoms with van der Waals surface area (Å²) in [5, 5.41) is 5.35. The number of nitrogens with one attached hydrogen (secondary N) is 2. The van der Waals surface area contributed by atoms with E-state index in [1.165, 1.54) is 11.8 Å². The molecule has 1 aromatic rings. The molecule has 1 aliphatic heterocycles. The van der Waals surface area contributed by atoms with Gasteiger partial charge >= 0.3 is 0 Å². The van der Waals surface area contributed by atoms with Crippen LogP contribution in [-0.4, -0.2) is 30.5 Å². The van der Waals surface area contributed by atoms with E-state index in [1.807, 2.05) is 0 Å². The highest BCUT2D eigenvalue weighted by Crippen LogP contribution is 2.20. The van der Waals surface area contributed by atoms with Crippen LogP contribution in [0.4, 0.5) is 18.9 Å². The maximum Gasteiger partial charge on any atom is 0.234 e. The SMILES string of the molecule is O=C(CSCC1CNC1)Nc1ccc(F)c(F)c1F. The number of carbonyl (C=O) groups is 1. The summed E-state index contributed by atoms with van der Waals surface area (Å²) < 4.78 is 38.9. The van der Waals surface area contributed by atoms with Gasteiger partial charge in [0.25, 0.3) is 0 Å². The van der Waals surface area contributed by atoms with Crippen molar-refractivity contribution in [2.75, 3.05) is 29.9 Å². The Hall–Kier alpha value is -1.21. The van der Waals surface area contributed by atoms with Crippen molar-refractivity contribution in [3.8, 4) is 0 Å². The summed E-state index contributed by atoms with van der Waals surface area (Å²) in [4.78, 5) is 11.5. The number of hydrogen-bond donors (Lipinski definition) is 2. The first-order valence-electron chi connectivity index (χ1n) is 5.79. The average molecular weight is 290 g/mol. The molecule has 1 aromatic carbocycles. The van der Waals surface area contributed by atoms with Crippen molar-refractivity contribution in [2.24, 2.45) is 5.92 Å². The van der Waals surface area contributed by atoms with Crippen molar-refractivity contribution < 1.29 is 18.0 Å². The van der Waals surface area contributed by atoms with Gasteiger partial charge in [0.15, 0.2) is 17.5 Å². The predicted octanol–water partition coefficient (Wildman–Crippen LogP) is 1.99. The molecule has 0 unspecified atom stereocenters. The molecular weight excluding hydrogens is 277 g/mol. The average Bonchev–Trinajstić information content (AvgIpc) is 2.33. The van der Waals surface area contributed by atoms with E-state index in [-0.39, 0.29) is 11.4 Å². The summed E-state index contributed by atoms with van der Waals surface area (Å²) in [6, 6.07) is 1.79. The number of anilines is 1. The second-order valence-electron chi connectivity index (χ2n) is 4.31. The molecule has 0 spiro atoms. The van der Waals surface area contributed by atoms with Crippen molar-refractivity contribution in [2.45, 2.75) is 0 Å². The molecule has 7 heteroatoms. The van der Waals surface area contributed by atoms with Crippen LogP contribution in [0.25, 0.3) is 0 Å². The molecular formula is C12H13F3N2OS. The van der Waals surface area contributed by atoms with Crippen molar-refractivity contribution in [1.29, 1.82) is 0 Å². The highest BCUT2D eigenvalue weighted by molar-refractivity contribution is 7.99. The molecule has 1 heterocycles. The lowest BCUT2D eigenvalue weighted by Gasteiger charge is -2.26. The molecule has 0 aliphatic carbocycles. The third kappa shape index (κ3) is 3.63. The van der Waals surface area contributed by atoms with Crippen LogP contribution in [0.1, 0.15) is 0 Å². The standard InChI is InChI=1S/C12H13F3N2OS/c13-8-1-2-9(12(15)11(8)14)17-10(18)6-19-5-7-3-16-4-7/h1-2,7,16H,3-6H2,(H,17,18). The number of thioether (sulfide) groups is 1. The first-order chi connectivity index (χ1) is 9.08. The highest BCUT2D eigenvalue weighted by Gasteiger charge is 2.18. The lowest BCUT2D eigenvalue weighted by Crippen LogP contribution is -2.43. The van der Waals surface area contributed by atoms with Crippen LogP contribution in [0, 0.1) is 23.4 Å². The quantitative estimate of drug-likeness (QED) is 0.815. The number of halogens is 3. The second kappa shape index (κ2) is 6.29. The topological polar surface area (TPSA) is 41.1 Å². The minimum atomic E-state index is -1.58. The number of rotatable bonds is 5. The number of hydrogen-bond acceptors (Lipinski definition) is 3. The Labute approximate surface area is 112 Å². The molecule has 19 heavy (non-hydrogen) atoms. The fourth-order valence-corrected chi connectivity index (χ4v) is 2.54. The van der Waals surface area contributed by atoms with Crippen molar-refractivity contribution in [1.82, 2.24) is 5.32 Å². The van der Waals surface area contributed by atoms with E-state index < -0.39 is 23.4 Å². The fraction of sp³-hybridized carbons (Fsp3) is 0.417. The van der Waals surface area contributed by atoms with Gasteiger partial charge in [0.2, 0.25) is 5.91 Å². The van der Waals surface area contributed by atoms with E-state index in [0.717, 1.165) is 31.0 Å². The Morgan fingerprint density at radius 1 is 1.32 bits per heavy atom. The van der Waals surface area contributed by atoms with Crippen LogP contribution in [0.2, 0.25) is 0 Å². The minimum Gasteiger partial charge on any atom is -0.323 e. The Morgan fingerprint density at radius 2 is 2.05 bits per heavy atom. The first-order valence-corrected chi connectivity index (χ1v) is 6.95. The van der Waals surface area contributed by atoms with Gasteiger partial charge in [0.05, 0.1) is 11.4 Å². The molecule has 2 N–H and O–H groups in total. The molecule has 0 atom stereocenters. The van der Waals surface area contributed by atoms with E-state index in [2.05, 4.69) is 10.6 Å².